The van der Waals surface area contributed by atoms with E-state index in [1.54, 1.807) is 7.05 Å². The summed E-state index contributed by atoms with van der Waals surface area (Å²) >= 11 is 0. The summed E-state index contributed by atoms with van der Waals surface area (Å²) in [6, 6.07) is 2.82. The molecular weight excluding hydrogens is 280 g/mol. The third kappa shape index (κ3) is 6.31. The quantitative estimate of drug-likeness (QED) is 0.834. The molecule has 116 valence electrons. The standard InChI is InChI=1S/C14H19F2N3O2/c1-9(2)17-13(20)7-19(3)8-14(21)18-12-6-10(15)4-5-11(12)16/h4-6,9H,7-8H2,1-3H3,(H,17,20)(H,18,21). The lowest BCUT2D eigenvalue weighted by Crippen LogP contribution is -2.41. The summed E-state index contributed by atoms with van der Waals surface area (Å²) in [7, 11) is 1.58. The van der Waals surface area contributed by atoms with Crippen molar-refractivity contribution in [3.8, 4) is 0 Å². The summed E-state index contributed by atoms with van der Waals surface area (Å²) in [4.78, 5) is 24.7. The van der Waals surface area contributed by atoms with E-state index in [1.165, 1.54) is 4.90 Å². The predicted molar refractivity (Wildman–Crippen MR) is 75.8 cm³/mol. The highest BCUT2D eigenvalue weighted by molar-refractivity contribution is 5.92. The van der Waals surface area contributed by atoms with E-state index in [2.05, 4.69) is 10.6 Å². The van der Waals surface area contributed by atoms with Crippen LogP contribution in [-0.4, -0.2) is 42.9 Å². The molecule has 0 aliphatic rings. The Labute approximate surface area is 122 Å². The third-order valence-electron chi connectivity index (χ3n) is 2.48. The van der Waals surface area contributed by atoms with E-state index in [4.69, 9.17) is 0 Å². The molecule has 1 aromatic carbocycles. The van der Waals surface area contributed by atoms with Gasteiger partial charge in [0.1, 0.15) is 11.6 Å². The Morgan fingerprint density at radius 2 is 1.81 bits per heavy atom. The fraction of sp³-hybridized carbons (Fsp3) is 0.429. The molecule has 2 N–H and O–H groups in total. The fourth-order valence-electron chi connectivity index (χ4n) is 1.70. The molecule has 0 atom stereocenters. The molecule has 2 amide bonds. The van der Waals surface area contributed by atoms with Crippen molar-refractivity contribution in [2.45, 2.75) is 19.9 Å². The van der Waals surface area contributed by atoms with Gasteiger partial charge in [-0.05, 0) is 33.0 Å². The van der Waals surface area contributed by atoms with Gasteiger partial charge >= 0.3 is 0 Å². The number of carbonyl (C=O) groups is 2. The van der Waals surface area contributed by atoms with E-state index in [-0.39, 0.29) is 30.7 Å². The van der Waals surface area contributed by atoms with Crippen molar-refractivity contribution in [3.63, 3.8) is 0 Å². The average Bonchev–Trinajstić information content (AvgIpc) is 2.32. The maximum absolute atomic E-state index is 13.4. The maximum atomic E-state index is 13.4. The number of amides is 2. The minimum atomic E-state index is -0.718. The van der Waals surface area contributed by atoms with Gasteiger partial charge in [0.05, 0.1) is 18.8 Å². The first-order valence-electron chi connectivity index (χ1n) is 6.50. The lowest BCUT2D eigenvalue weighted by molar-refractivity contribution is -0.123. The molecule has 0 spiro atoms. The van der Waals surface area contributed by atoms with E-state index in [0.717, 1.165) is 18.2 Å². The molecule has 7 heteroatoms. The van der Waals surface area contributed by atoms with Crippen LogP contribution in [0.3, 0.4) is 0 Å². The first kappa shape index (κ1) is 17.0. The van der Waals surface area contributed by atoms with Gasteiger partial charge < -0.3 is 10.6 Å². The monoisotopic (exact) mass is 299 g/mol. The molecule has 0 saturated heterocycles. The van der Waals surface area contributed by atoms with Crippen LogP contribution in [0.15, 0.2) is 18.2 Å². The Balaban J connectivity index is 2.49. The summed E-state index contributed by atoms with van der Waals surface area (Å²) in [5.41, 5.74) is -0.222. The molecule has 1 rings (SSSR count). The van der Waals surface area contributed by atoms with Gasteiger partial charge in [0.15, 0.2) is 0 Å². The van der Waals surface area contributed by atoms with Crippen LogP contribution in [0.25, 0.3) is 0 Å². The molecule has 0 bridgehead atoms. The molecule has 0 fully saturated rings. The SMILES string of the molecule is CC(C)NC(=O)CN(C)CC(=O)Nc1cc(F)ccc1F. The molecule has 0 heterocycles. The normalized spacial score (nSPS) is 10.8. The van der Waals surface area contributed by atoms with Crippen molar-refractivity contribution in [3.05, 3.63) is 29.8 Å². The second-order valence-electron chi connectivity index (χ2n) is 5.07. The molecule has 0 aliphatic carbocycles. The largest absolute Gasteiger partial charge is 0.353 e. The number of halogens is 2. The maximum Gasteiger partial charge on any atom is 0.238 e. The number of benzene rings is 1. The van der Waals surface area contributed by atoms with E-state index in [9.17, 15) is 18.4 Å². The molecule has 21 heavy (non-hydrogen) atoms. The highest BCUT2D eigenvalue weighted by atomic mass is 19.1. The van der Waals surface area contributed by atoms with Gasteiger partial charge in [0, 0.05) is 12.1 Å². The van der Waals surface area contributed by atoms with Crippen molar-refractivity contribution in [2.75, 3.05) is 25.5 Å². The van der Waals surface area contributed by atoms with Crippen molar-refractivity contribution < 1.29 is 18.4 Å². The van der Waals surface area contributed by atoms with Gasteiger partial charge in [-0.15, -0.1) is 0 Å². The summed E-state index contributed by atoms with van der Waals surface area (Å²) < 4.78 is 26.3. The number of likely N-dealkylation sites (N-methyl/N-ethyl adjacent to an activating group) is 1. The minimum absolute atomic E-state index is 0.0149. The number of hydrogen-bond acceptors (Lipinski definition) is 3. The summed E-state index contributed by atoms with van der Waals surface area (Å²) in [5.74, 6) is -2.10. The van der Waals surface area contributed by atoms with E-state index >= 15 is 0 Å². The van der Waals surface area contributed by atoms with Crippen LogP contribution in [-0.2, 0) is 9.59 Å². The van der Waals surface area contributed by atoms with Crippen LogP contribution < -0.4 is 10.6 Å². The van der Waals surface area contributed by atoms with Gasteiger partial charge in [0.2, 0.25) is 11.8 Å². The number of nitrogens with zero attached hydrogens (tertiary/aromatic N) is 1. The minimum Gasteiger partial charge on any atom is -0.353 e. The van der Waals surface area contributed by atoms with Crippen LogP contribution in [0.1, 0.15) is 13.8 Å². The molecule has 0 radical (unpaired) electrons. The zero-order valence-corrected chi connectivity index (χ0v) is 12.2. The Hall–Kier alpha value is -2.02. The molecule has 0 unspecified atom stereocenters. The van der Waals surface area contributed by atoms with Crippen molar-refractivity contribution in [1.82, 2.24) is 10.2 Å². The highest BCUT2D eigenvalue weighted by Crippen LogP contribution is 2.14. The zero-order valence-electron chi connectivity index (χ0n) is 12.2. The number of hydrogen-bond donors (Lipinski definition) is 2. The summed E-state index contributed by atoms with van der Waals surface area (Å²) in [6.45, 7) is 3.59. The van der Waals surface area contributed by atoms with Crippen LogP contribution >= 0.6 is 0 Å². The van der Waals surface area contributed by atoms with Gasteiger partial charge in [0.25, 0.3) is 0 Å². The van der Waals surface area contributed by atoms with Gasteiger partial charge in [-0.1, -0.05) is 0 Å². The number of carbonyl (C=O) groups excluding carboxylic acids is 2. The first-order chi connectivity index (χ1) is 9.77. The third-order valence-corrected chi connectivity index (χ3v) is 2.48. The Bertz CT molecular complexity index is 521. The highest BCUT2D eigenvalue weighted by Gasteiger charge is 2.13. The lowest BCUT2D eigenvalue weighted by atomic mass is 10.3. The van der Waals surface area contributed by atoms with E-state index in [0.29, 0.717) is 0 Å². The second-order valence-corrected chi connectivity index (χ2v) is 5.07. The number of rotatable bonds is 6. The first-order valence-corrected chi connectivity index (χ1v) is 6.50. The molecular formula is C14H19F2N3O2. The van der Waals surface area contributed by atoms with Crippen molar-refractivity contribution in [1.29, 1.82) is 0 Å². The lowest BCUT2D eigenvalue weighted by Gasteiger charge is -2.17. The fourth-order valence-corrected chi connectivity index (χ4v) is 1.70. The smallest absolute Gasteiger partial charge is 0.238 e. The van der Waals surface area contributed by atoms with Gasteiger partial charge in [-0.2, -0.15) is 0 Å². The van der Waals surface area contributed by atoms with Crippen LogP contribution in [0, 0.1) is 11.6 Å². The van der Waals surface area contributed by atoms with Gasteiger partial charge in [-0.3, -0.25) is 14.5 Å². The molecule has 0 aromatic heterocycles. The number of anilines is 1. The van der Waals surface area contributed by atoms with Crippen LogP contribution in [0.4, 0.5) is 14.5 Å². The zero-order chi connectivity index (χ0) is 16.0. The summed E-state index contributed by atoms with van der Waals surface area (Å²) in [5, 5.41) is 4.96. The topological polar surface area (TPSA) is 61.4 Å². The van der Waals surface area contributed by atoms with Crippen LogP contribution in [0.5, 0.6) is 0 Å². The average molecular weight is 299 g/mol. The second kappa shape index (κ2) is 7.68. The molecule has 0 aliphatic heterocycles. The molecule has 0 saturated carbocycles. The van der Waals surface area contributed by atoms with Gasteiger partial charge in [-0.25, -0.2) is 8.78 Å². The Kier molecular flexibility index (Phi) is 6.23. The van der Waals surface area contributed by atoms with E-state index < -0.39 is 17.5 Å². The molecule has 5 nitrogen and oxygen atoms in total. The van der Waals surface area contributed by atoms with Crippen molar-refractivity contribution in [2.24, 2.45) is 0 Å². The van der Waals surface area contributed by atoms with Crippen molar-refractivity contribution >= 4 is 17.5 Å². The van der Waals surface area contributed by atoms with Crippen LogP contribution in [0.2, 0.25) is 0 Å². The van der Waals surface area contributed by atoms with E-state index in [1.807, 2.05) is 13.8 Å². The summed E-state index contributed by atoms with van der Waals surface area (Å²) in [6.07, 6.45) is 0. The molecule has 1 aromatic rings. The number of nitrogens with one attached hydrogen (secondary N) is 2. The predicted octanol–water partition coefficient (Wildman–Crippen LogP) is 1.36. The Morgan fingerprint density at radius 1 is 1.19 bits per heavy atom. The Morgan fingerprint density at radius 3 is 2.43 bits per heavy atom.